The molecule has 0 aliphatic rings. The first-order valence-corrected chi connectivity index (χ1v) is 4.30. The summed E-state index contributed by atoms with van der Waals surface area (Å²) in [4.78, 5) is 4.24. The first kappa shape index (κ1) is 7.22. The molecule has 0 amide bonds. The summed E-state index contributed by atoms with van der Waals surface area (Å²) in [6, 6.07) is 7.86. The van der Waals surface area contributed by atoms with E-state index in [4.69, 9.17) is 5.41 Å². The molecule has 12 heavy (non-hydrogen) atoms. The molecule has 0 aliphatic heterocycles. The van der Waals surface area contributed by atoms with Gasteiger partial charge < -0.3 is 5.41 Å². The third-order valence-corrected chi connectivity index (χ3v) is 2.48. The Labute approximate surface area is 73.7 Å². The minimum Gasteiger partial charge on any atom is -0.763 e. The Morgan fingerprint density at radius 1 is 1.42 bits per heavy atom. The highest BCUT2D eigenvalue weighted by Crippen LogP contribution is 2.21. The number of para-hydroxylation sites is 1. The van der Waals surface area contributed by atoms with Gasteiger partial charge >= 0.3 is 0 Å². The molecule has 0 N–H and O–H groups in total. The summed E-state index contributed by atoms with van der Waals surface area (Å²) >= 11 is 1.53. The van der Waals surface area contributed by atoms with Crippen molar-refractivity contribution in [2.75, 3.05) is 0 Å². The van der Waals surface area contributed by atoms with Gasteiger partial charge in [-0.1, -0.05) is 12.1 Å². The van der Waals surface area contributed by atoms with Crippen molar-refractivity contribution >= 4 is 33.5 Å². The number of hydrogen-bond donors (Lipinski definition) is 0. The van der Waals surface area contributed by atoms with Gasteiger partial charge in [0.05, 0.1) is 10.2 Å². The van der Waals surface area contributed by atoms with E-state index in [-0.39, 0.29) is 0 Å². The second kappa shape index (κ2) is 2.89. The zero-order valence-corrected chi connectivity index (χ0v) is 7.01. The molecule has 0 atom stereocenters. The van der Waals surface area contributed by atoms with Crippen LogP contribution in [0.4, 0.5) is 0 Å². The molecule has 3 heteroatoms. The molecule has 0 bridgehead atoms. The maximum Gasteiger partial charge on any atom is 0.123 e. The lowest BCUT2D eigenvalue weighted by atomic mass is 10.3. The molecule has 1 aromatic heterocycles. The molecule has 0 aliphatic carbocycles. The van der Waals surface area contributed by atoms with E-state index in [1.54, 1.807) is 0 Å². The van der Waals surface area contributed by atoms with Crippen LogP contribution in [0.3, 0.4) is 0 Å². The summed E-state index contributed by atoms with van der Waals surface area (Å²) in [5.74, 6) is 1.97. The quantitative estimate of drug-likeness (QED) is 0.610. The number of rotatable bonds is 1. The predicted molar refractivity (Wildman–Crippen MR) is 52.5 cm³/mol. The Kier molecular flexibility index (Phi) is 1.74. The van der Waals surface area contributed by atoms with Gasteiger partial charge in [0.25, 0.3) is 0 Å². The molecule has 1 heterocycles. The summed E-state index contributed by atoms with van der Waals surface area (Å²) in [6.07, 6.45) is 1.46. The molecular weight excluding hydrogens is 168 g/mol. The van der Waals surface area contributed by atoms with Gasteiger partial charge in [-0.05, 0) is 18.2 Å². The fraction of sp³-hybridized carbons (Fsp3) is 0. The molecule has 0 saturated heterocycles. The van der Waals surface area contributed by atoms with Gasteiger partial charge in [0.15, 0.2) is 0 Å². The van der Waals surface area contributed by atoms with E-state index in [2.05, 4.69) is 4.98 Å². The molecule has 2 rings (SSSR count). The number of hydrogen-bond acceptors (Lipinski definition) is 2. The van der Waals surface area contributed by atoms with E-state index in [1.165, 1.54) is 17.4 Å². The van der Waals surface area contributed by atoms with Crippen molar-refractivity contribution in [3.63, 3.8) is 0 Å². The van der Waals surface area contributed by atoms with Crippen LogP contribution < -0.4 is 0 Å². The Balaban J connectivity index is 2.69. The van der Waals surface area contributed by atoms with Gasteiger partial charge in [-0.25, -0.2) is 4.98 Å². The van der Waals surface area contributed by atoms with Crippen LogP contribution in [0, 0.1) is 0 Å². The SMILES string of the molecule is [N-]=C=Cc1nc2ccccc2s1. The zero-order chi connectivity index (χ0) is 8.39. The first-order chi connectivity index (χ1) is 5.90. The minimum atomic E-state index is 0.777. The second-order valence-electron chi connectivity index (χ2n) is 2.29. The maximum atomic E-state index is 8.41. The zero-order valence-electron chi connectivity index (χ0n) is 6.19. The molecule has 0 saturated carbocycles. The van der Waals surface area contributed by atoms with Crippen molar-refractivity contribution in [2.24, 2.45) is 0 Å². The highest BCUT2D eigenvalue weighted by Gasteiger charge is 1.97. The van der Waals surface area contributed by atoms with Crippen molar-refractivity contribution < 1.29 is 0 Å². The average Bonchev–Trinajstić information content (AvgIpc) is 2.47. The van der Waals surface area contributed by atoms with E-state index < -0.39 is 0 Å². The van der Waals surface area contributed by atoms with Gasteiger partial charge in [0.1, 0.15) is 5.01 Å². The number of fused-ring (bicyclic) bond motifs is 1. The molecular formula is C9H5N2S-. The molecule has 1 aromatic carbocycles. The van der Waals surface area contributed by atoms with Crippen LogP contribution in [0.15, 0.2) is 24.3 Å². The van der Waals surface area contributed by atoms with Gasteiger partial charge in [-0.15, -0.1) is 11.3 Å². The Hall–Kier alpha value is -1.44. The van der Waals surface area contributed by atoms with Crippen molar-refractivity contribution in [3.8, 4) is 0 Å². The summed E-state index contributed by atoms with van der Waals surface area (Å²) < 4.78 is 1.12. The Morgan fingerprint density at radius 3 is 3.00 bits per heavy atom. The third kappa shape index (κ3) is 1.16. The van der Waals surface area contributed by atoms with Crippen molar-refractivity contribution in [2.45, 2.75) is 0 Å². The molecule has 58 valence electrons. The topological polar surface area (TPSA) is 35.2 Å². The summed E-state index contributed by atoms with van der Waals surface area (Å²) in [5.41, 5.74) is 0.962. The lowest BCUT2D eigenvalue weighted by Gasteiger charge is -1.80. The molecule has 2 nitrogen and oxygen atoms in total. The Morgan fingerprint density at radius 2 is 2.25 bits per heavy atom. The van der Waals surface area contributed by atoms with Crippen LogP contribution in [0.1, 0.15) is 5.01 Å². The van der Waals surface area contributed by atoms with Crippen LogP contribution in [0.5, 0.6) is 0 Å². The summed E-state index contributed by atoms with van der Waals surface area (Å²) in [5, 5.41) is 9.18. The van der Waals surface area contributed by atoms with Crippen LogP contribution in [0.2, 0.25) is 0 Å². The standard InChI is InChI=1S/C9H5N2S/c10-6-5-9-11-7-3-1-2-4-8(7)12-9/h1-5H/q-1. The van der Waals surface area contributed by atoms with E-state index in [0.717, 1.165) is 15.2 Å². The van der Waals surface area contributed by atoms with Crippen LogP contribution in [-0.2, 0) is 0 Å². The fourth-order valence-corrected chi connectivity index (χ4v) is 1.85. The molecule has 0 radical (unpaired) electrons. The lowest BCUT2D eigenvalue weighted by molar-refractivity contribution is 1.47. The van der Waals surface area contributed by atoms with Crippen molar-refractivity contribution in [3.05, 3.63) is 34.7 Å². The van der Waals surface area contributed by atoms with Crippen molar-refractivity contribution in [1.82, 2.24) is 4.98 Å². The maximum absolute atomic E-state index is 8.41. The van der Waals surface area contributed by atoms with Gasteiger partial charge in [-0.3, -0.25) is 5.87 Å². The van der Waals surface area contributed by atoms with Crippen LogP contribution >= 0.6 is 11.3 Å². The number of aromatic nitrogens is 1. The van der Waals surface area contributed by atoms with E-state index >= 15 is 0 Å². The van der Waals surface area contributed by atoms with Crippen molar-refractivity contribution in [1.29, 1.82) is 0 Å². The second-order valence-corrected chi connectivity index (χ2v) is 3.36. The lowest BCUT2D eigenvalue weighted by Crippen LogP contribution is -1.66. The van der Waals surface area contributed by atoms with Crippen LogP contribution in [-0.4, -0.2) is 10.9 Å². The Bertz CT molecular complexity index is 419. The highest BCUT2D eigenvalue weighted by atomic mass is 32.1. The van der Waals surface area contributed by atoms with Gasteiger partial charge in [-0.2, -0.15) is 0 Å². The number of benzene rings is 1. The van der Waals surface area contributed by atoms with Gasteiger partial charge in [0.2, 0.25) is 0 Å². The van der Waals surface area contributed by atoms with Crippen LogP contribution in [0.25, 0.3) is 21.7 Å². The monoisotopic (exact) mass is 173 g/mol. The molecule has 0 spiro atoms. The average molecular weight is 173 g/mol. The summed E-state index contributed by atoms with van der Waals surface area (Å²) in [7, 11) is 0. The molecule has 0 unspecified atom stereocenters. The van der Waals surface area contributed by atoms with E-state index in [0.29, 0.717) is 0 Å². The molecule has 0 fully saturated rings. The minimum absolute atomic E-state index is 0.777. The third-order valence-electron chi connectivity index (χ3n) is 1.50. The summed E-state index contributed by atoms with van der Waals surface area (Å²) in [6.45, 7) is 0. The largest absolute Gasteiger partial charge is 0.763 e. The highest BCUT2D eigenvalue weighted by molar-refractivity contribution is 7.19. The fourth-order valence-electron chi connectivity index (χ4n) is 1.01. The number of nitrogens with zero attached hydrogens (tertiary/aromatic N) is 2. The molecule has 2 aromatic rings. The predicted octanol–water partition coefficient (Wildman–Crippen LogP) is 2.55. The van der Waals surface area contributed by atoms with Gasteiger partial charge in [0, 0.05) is 0 Å². The first-order valence-electron chi connectivity index (χ1n) is 3.48. The van der Waals surface area contributed by atoms with E-state index in [9.17, 15) is 0 Å². The smallest absolute Gasteiger partial charge is 0.123 e. The number of thiazole rings is 1. The van der Waals surface area contributed by atoms with E-state index in [1.807, 2.05) is 30.1 Å². The normalized spacial score (nSPS) is 9.67.